The van der Waals surface area contributed by atoms with Gasteiger partial charge in [0.1, 0.15) is 11.1 Å². The molecule has 1 aliphatic heterocycles. The van der Waals surface area contributed by atoms with Crippen LogP contribution in [0.15, 0.2) is 40.8 Å². The third kappa shape index (κ3) is 4.54. The maximum Gasteiger partial charge on any atom is 0.410 e. The van der Waals surface area contributed by atoms with E-state index in [9.17, 15) is 9.90 Å². The molecule has 3 aromatic rings. The SMILES string of the molecule is C[C@H]1CN(C(=O)OC(C)(C)C)CCN1c1nc2cc(Cl)cc(-c3ccccc3CO)c2o1. The molecule has 1 amide bonds. The largest absolute Gasteiger partial charge is 0.444 e. The van der Waals surface area contributed by atoms with Gasteiger partial charge in [0.2, 0.25) is 0 Å². The summed E-state index contributed by atoms with van der Waals surface area (Å²) in [5.74, 6) is 0. The maximum absolute atomic E-state index is 12.5. The van der Waals surface area contributed by atoms with Gasteiger partial charge in [-0.05, 0) is 51.0 Å². The van der Waals surface area contributed by atoms with E-state index < -0.39 is 5.60 Å². The molecule has 32 heavy (non-hydrogen) atoms. The predicted octanol–water partition coefficient (Wildman–Crippen LogP) is 5.09. The molecule has 8 heteroatoms. The van der Waals surface area contributed by atoms with E-state index in [4.69, 9.17) is 25.7 Å². The summed E-state index contributed by atoms with van der Waals surface area (Å²) in [5.41, 5.74) is 3.17. The van der Waals surface area contributed by atoms with Crippen LogP contribution < -0.4 is 4.90 Å². The lowest BCUT2D eigenvalue weighted by molar-refractivity contribution is 0.0216. The number of amides is 1. The van der Waals surface area contributed by atoms with Crippen molar-refractivity contribution in [3.8, 4) is 11.1 Å². The number of oxazole rings is 1. The van der Waals surface area contributed by atoms with Gasteiger partial charge in [0, 0.05) is 36.3 Å². The number of hydrogen-bond donors (Lipinski definition) is 1. The Balaban J connectivity index is 1.63. The molecule has 0 aliphatic carbocycles. The van der Waals surface area contributed by atoms with Crippen molar-refractivity contribution < 1.29 is 19.1 Å². The highest BCUT2D eigenvalue weighted by atomic mass is 35.5. The van der Waals surface area contributed by atoms with Crippen LogP contribution in [0.3, 0.4) is 0 Å². The summed E-state index contributed by atoms with van der Waals surface area (Å²) in [6, 6.07) is 11.7. The molecule has 0 unspecified atom stereocenters. The Morgan fingerprint density at radius 2 is 2.00 bits per heavy atom. The number of carbonyl (C=O) groups is 1. The second-order valence-electron chi connectivity index (χ2n) is 9.08. The van der Waals surface area contributed by atoms with E-state index in [1.165, 1.54) is 0 Å². The van der Waals surface area contributed by atoms with Crippen LogP contribution in [-0.4, -0.2) is 52.4 Å². The van der Waals surface area contributed by atoms with Gasteiger partial charge in [-0.2, -0.15) is 4.98 Å². The van der Waals surface area contributed by atoms with Crippen molar-refractivity contribution in [2.45, 2.75) is 45.9 Å². The number of piperazine rings is 1. The molecule has 1 N–H and O–H groups in total. The number of halogens is 1. The lowest BCUT2D eigenvalue weighted by atomic mass is 9.99. The van der Waals surface area contributed by atoms with E-state index >= 15 is 0 Å². The second-order valence-corrected chi connectivity index (χ2v) is 9.52. The van der Waals surface area contributed by atoms with Gasteiger partial charge in [-0.25, -0.2) is 4.79 Å². The van der Waals surface area contributed by atoms with Gasteiger partial charge in [0.25, 0.3) is 6.01 Å². The summed E-state index contributed by atoms with van der Waals surface area (Å²) >= 11 is 6.38. The maximum atomic E-state index is 12.5. The fourth-order valence-corrected chi connectivity index (χ4v) is 4.18. The first-order chi connectivity index (χ1) is 15.2. The third-order valence-electron chi connectivity index (χ3n) is 5.45. The molecule has 1 aliphatic rings. The summed E-state index contributed by atoms with van der Waals surface area (Å²) in [6.07, 6.45) is -0.309. The minimum absolute atomic E-state index is 0.00650. The van der Waals surface area contributed by atoms with Crippen LogP contribution in [0.25, 0.3) is 22.2 Å². The fourth-order valence-electron chi connectivity index (χ4n) is 3.96. The topological polar surface area (TPSA) is 79.0 Å². The molecule has 1 fully saturated rings. The summed E-state index contributed by atoms with van der Waals surface area (Å²) < 4.78 is 11.7. The Bertz CT molecular complexity index is 1140. The summed E-state index contributed by atoms with van der Waals surface area (Å²) in [7, 11) is 0. The molecular formula is C24H28ClN3O4. The fraction of sp³-hybridized carbons (Fsp3) is 0.417. The number of rotatable bonds is 3. The Morgan fingerprint density at radius 3 is 2.69 bits per heavy atom. The van der Waals surface area contributed by atoms with Crippen molar-refractivity contribution in [1.82, 2.24) is 9.88 Å². The molecule has 0 bridgehead atoms. The standard InChI is InChI=1S/C24H28ClN3O4/c1-15-13-27(23(30)32-24(2,3)4)9-10-28(15)22-26-20-12-17(25)11-19(21(20)31-22)18-8-6-5-7-16(18)14-29/h5-8,11-12,15,29H,9-10,13-14H2,1-4H3/t15-/m0/s1. The van der Waals surface area contributed by atoms with Crippen LogP contribution in [0.1, 0.15) is 33.3 Å². The van der Waals surface area contributed by atoms with Gasteiger partial charge >= 0.3 is 6.09 Å². The van der Waals surface area contributed by atoms with Crippen molar-refractivity contribution in [1.29, 1.82) is 0 Å². The highest BCUT2D eigenvalue weighted by Gasteiger charge is 2.32. The van der Waals surface area contributed by atoms with Gasteiger partial charge in [0.15, 0.2) is 5.58 Å². The third-order valence-corrected chi connectivity index (χ3v) is 5.66. The monoisotopic (exact) mass is 457 g/mol. The number of aliphatic hydroxyl groups excluding tert-OH is 1. The van der Waals surface area contributed by atoms with Crippen LogP contribution in [0.5, 0.6) is 0 Å². The Morgan fingerprint density at radius 1 is 1.25 bits per heavy atom. The van der Waals surface area contributed by atoms with Crippen molar-refractivity contribution in [3.63, 3.8) is 0 Å². The van der Waals surface area contributed by atoms with Gasteiger partial charge in [0.05, 0.1) is 6.61 Å². The van der Waals surface area contributed by atoms with Crippen LogP contribution in [0.2, 0.25) is 5.02 Å². The number of benzene rings is 2. The minimum atomic E-state index is -0.529. The van der Waals surface area contributed by atoms with Crippen molar-refractivity contribution >= 4 is 34.8 Å². The van der Waals surface area contributed by atoms with E-state index in [1.807, 2.05) is 58.0 Å². The number of aromatic nitrogens is 1. The first kappa shape index (κ1) is 22.4. The van der Waals surface area contributed by atoms with E-state index in [0.29, 0.717) is 41.8 Å². The van der Waals surface area contributed by atoms with Crippen LogP contribution in [0.4, 0.5) is 10.8 Å². The van der Waals surface area contributed by atoms with Gasteiger partial charge in [-0.15, -0.1) is 0 Å². The summed E-state index contributed by atoms with van der Waals surface area (Å²) in [6.45, 7) is 9.12. The Kier molecular flexibility index (Phi) is 6.05. The molecule has 1 saturated heterocycles. The molecular weight excluding hydrogens is 430 g/mol. The summed E-state index contributed by atoms with van der Waals surface area (Å²) in [5, 5.41) is 10.3. The van der Waals surface area contributed by atoms with E-state index in [2.05, 4.69) is 4.90 Å². The predicted molar refractivity (Wildman–Crippen MR) is 125 cm³/mol. The molecule has 0 saturated carbocycles. The highest BCUT2D eigenvalue weighted by molar-refractivity contribution is 6.31. The van der Waals surface area contributed by atoms with Crippen molar-refractivity contribution in [2.24, 2.45) is 0 Å². The van der Waals surface area contributed by atoms with E-state index in [0.717, 1.165) is 16.7 Å². The lowest BCUT2D eigenvalue weighted by Gasteiger charge is -2.39. The minimum Gasteiger partial charge on any atom is -0.444 e. The average Bonchev–Trinajstić information content (AvgIpc) is 3.15. The average molecular weight is 458 g/mol. The lowest BCUT2D eigenvalue weighted by Crippen LogP contribution is -2.54. The first-order valence-corrected chi connectivity index (χ1v) is 11.1. The Labute approximate surface area is 192 Å². The van der Waals surface area contributed by atoms with Crippen molar-refractivity contribution in [3.05, 3.63) is 47.0 Å². The number of carbonyl (C=O) groups excluding carboxylic acids is 1. The summed E-state index contributed by atoms with van der Waals surface area (Å²) in [4.78, 5) is 20.9. The molecule has 2 heterocycles. The number of hydrogen-bond acceptors (Lipinski definition) is 6. The first-order valence-electron chi connectivity index (χ1n) is 10.7. The second kappa shape index (κ2) is 8.64. The highest BCUT2D eigenvalue weighted by Crippen LogP contribution is 2.37. The number of fused-ring (bicyclic) bond motifs is 1. The zero-order chi connectivity index (χ0) is 23.0. The molecule has 1 aromatic heterocycles. The number of nitrogens with zero attached hydrogens (tertiary/aromatic N) is 3. The van der Waals surface area contributed by atoms with Gasteiger partial charge < -0.3 is 24.1 Å². The molecule has 2 aromatic carbocycles. The quantitative estimate of drug-likeness (QED) is 0.590. The van der Waals surface area contributed by atoms with Crippen LogP contribution in [-0.2, 0) is 11.3 Å². The molecule has 4 rings (SSSR count). The van der Waals surface area contributed by atoms with Crippen LogP contribution >= 0.6 is 11.6 Å². The number of anilines is 1. The zero-order valence-electron chi connectivity index (χ0n) is 18.8. The normalized spacial score (nSPS) is 17.1. The molecule has 0 spiro atoms. The van der Waals surface area contributed by atoms with Gasteiger partial charge in [-0.1, -0.05) is 35.9 Å². The number of ether oxygens (including phenoxy) is 1. The molecule has 170 valence electrons. The van der Waals surface area contributed by atoms with E-state index in [1.54, 1.807) is 11.0 Å². The molecule has 0 radical (unpaired) electrons. The van der Waals surface area contributed by atoms with Gasteiger partial charge in [-0.3, -0.25) is 0 Å². The zero-order valence-corrected chi connectivity index (χ0v) is 19.5. The number of aliphatic hydroxyl groups is 1. The Hall–Kier alpha value is -2.77. The van der Waals surface area contributed by atoms with E-state index in [-0.39, 0.29) is 18.7 Å². The smallest absolute Gasteiger partial charge is 0.410 e. The van der Waals surface area contributed by atoms with Crippen LogP contribution in [0, 0.1) is 0 Å². The van der Waals surface area contributed by atoms with Crippen molar-refractivity contribution in [2.75, 3.05) is 24.5 Å². The molecule has 1 atom stereocenters. The molecule has 7 nitrogen and oxygen atoms in total.